The first-order valence-electron chi connectivity index (χ1n) is 8.36. The van der Waals surface area contributed by atoms with Gasteiger partial charge in [0.25, 0.3) is 0 Å². The van der Waals surface area contributed by atoms with Crippen molar-refractivity contribution in [3.8, 4) is 5.75 Å². The molecule has 24 heavy (non-hydrogen) atoms. The van der Waals surface area contributed by atoms with Crippen LogP contribution in [0.3, 0.4) is 0 Å². The molecule has 0 radical (unpaired) electrons. The van der Waals surface area contributed by atoms with Crippen LogP contribution in [-0.2, 0) is 9.59 Å². The van der Waals surface area contributed by atoms with Gasteiger partial charge in [-0.15, -0.1) is 0 Å². The maximum atomic E-state index is 12.7. The fourth-order valence-electron chi connectivity index (χ4n) is 3.20. The predicted octanol–water partition coefficient (Wildman–Crippen LogP) is 1.60. The highest BCUT2D eigenvalue weighted by Crippen LogP contribution is 2.24. The molecule has 2 rings (SSSR count). The number of methoxy groups -OCH3 is 1. The number of benzene rings is 1. The lowest BCUT2D eigenvalue weighted by atomic mass is 9.97. The highest BCUT2D eigenvalue weighted by Gasteiger charge is 2.29. The average Bonchev–Trinajstić information content (AvgIpc) is 2.53. The SMILES string of the molecule is COc1ccc([C@H](CC(=O)N2CC[C@@H](N)C[C@H]2C)NC(C)=O)cc1. The minimum absolute atomic E-state index is 0.0453. The van der Waals surface area contributed by atoms with E-state index in [0.29, 0.717) is 6.54 Å². The van der Waals surface area contributed by atoms with Crippen molar-refractivity contribution in [3.63, 3.8) is 0 Å². The van der Waals surface area contributed by atoms with Gasteiger partial charge in [0.1, 0.15) is 5.75 Å². The van der Waals surface area contributed by atoms with Crippen molar-refractivity contribution in [1.29, 1.82) is 0 Å². The van der Waals surface area contributed by atoms with Gasteiger partial charge in [0, 0.05) is 25.6 Å². The third-order valence-corrected chi connectivity index (χ3v) is 4.51. The maximum Gasteiger partial charge on any atom is 0.225 e. The van der Waals surface area contributed by atoms with Gasteiger partial charge in [-0.25, -0.2) is 0 Å². The van der Waals surface area contributed by atoms with Crippen LogP contribution in [0, 0.1) is 0 Å². The second-order valence-corrected chi connectivity index (χ2v) is 6.45. The van der Waals surface area contributed by atoms with Gasteiger partial charge in [0.15, 0.2) is 0 Å². The first-order valence-corrected chi connectivity index (χ1v) is 8.36. The van der Waals surface area contributed by atoms with E-state index in [9.17, 15) is 9.59 Å². The fourth-order valence-corrected chi connectivity index (χ4v) is 3.20. The molecule has 1 heterocycles. The van der Waals surface area contributed by atoms with Crippen molar-refractivity contribution in [2.24, 2.45) is 5.73 Å². The molecule has 1 aliphatic rings. The molecule has 1 aliphatic heterocycles. The van der Waals surface area contributed by atoms with Crippen molar-refractivity contribution in [3.05, 3.63) is 29.8 Å². The molecular weight excluding hydrogens is 306 g/mol. The minimum Gasteiger partial charge on any atom is -0.497 e. The summed E-state index contributed by atoms with van der Waals surface area (Å²) in [6.07, 6.45) is 1.88. The summed E-state index contributed by atoms with van der Waals surface area (Å²) < 4.78 is 5.16. The third-order valence-electron chi connectivity index (χ3n) is 4.51. The number of hydrogen-bond acceptors (Lipinski definition) is 4. The lowest BCUT2D eigenvalue weighted by Gasteiger charge is -2.37. The molecule has 1 saturated heterocycles. The summed E-state index contributed by atoms with van der Waals surface area (Å²) in [4.78, 5) is 26.1. The minimum atomic E-state index is -0.344. The fraction of sp³-hybridized carbons (Fsp3) is 0.556. The highest BCUT2D eigenvalue weighted by atomic mass is 16.5. The number of rotatable bonds is 5. The molecule has 1 aromatic carbocycles. The molecule has 6 nitrogen and oxygen atoms in total. The first-order chi connectivity index (χ1) is 11.4. The van der Waals surface area contributed by atoms with Gasteiger partial charge in [-0.2, -0.15) is 0 Å². The van der Waals surface area contributed by atoms with Gasteiger partial charge >= 0.3 is 0 Å². The Labute approximate surface area is 143 Å². The van der Waals surface area contributed by atoms with Crippen LogP contribution in [0.1, 0.15) is 44.7 Å². The van der Waals surface area contributed by atoms with Gasteiger partial charge < -0.3 is 20.7 Å². The van der Waals surface area contributed by atoms with Gasteiger partial charge in [-0.05, 0) is 37.5 Å². The topological polar surface area (TPSA) is 84.7 Å². The molecule has 3 atom stereocenters. The van der Waals surface area contributed by atoms with Crippen molar-refractivity contribution in [1.82, 2.24) is 10.2 Å². The summed E-state index contributed by atoms with van der Waals surface area (Å²) >= 11 is 0. The number of ether oxygens (including phenoxy) is 1. The second kappa shape index (κ2) is 8.15. The van der Waals surface area contributed by atoms with Crippen LogP contribution in [0.4, 0.5) is 0 Å². The Bertz CT molecular complexity index is 573. The number of carbonyl (C=O) groups excluding carboxylic acids is 2. The van der Waals surface area contributed by atoms with Crippen LogP contribution >= 0.6 is 0 Å². The highest BCUT2D eigenvalue weighted by molar-refractivity contribution is 5.79. The Morgan fingerprint density at radius 3 is 2.58 bits per heavy atom. The Morgan fingerprint density at radius 1 is 1.38 bits per heavy atom. The number of amides is 2. The third kappa shape index (κ3) is 4.71. The van der Waals surface area contributed by atoms with E-state index in [-0.39, 0.29) is 36.4 Å². The molecule has 0 bridgehead atoms. The van der Waals surface area contributed by atoms with Gasteiger partial charge in [-0.1, -0.05) is 12.1 Å². The number of likely N-dealkylation sites (tertiary alicyclic amines) is 1. The van der Waals surface area contributed by atoms with E-state index in [0.717, 1.165) is 24.2 Å². The zero-order chi connectivity index (χ0) is 17.7. The Morgan fingerprint density at radius 2 is 2.04 bits per heavy atom. The first kappa shape index (κ1) is 18.3. The number of nitrogens with one attached hydrogen (secondary N) is 1. The zero-order valence-electron chi connectivity index (χ0n) is 14.6. The number of nitrogens with two attached hydrogens (primary N) is 1. The summed E-state index contributed by atoms with van der Waals surface area (Å²) in [6, 6.07) is 7.37. The molecule has 2 amide bonds. The number of piperidine rings is 1. The van der Waals surface area contributed by atoms with Crippen LogP contribution in [0.15, 0.2) is 24.3 Å². The molecule has 0 aromatic heterocycles. The van der Waals surface area contributed by atoms with Gasteiger partial charge in [-0.3, -0.25) is 9.59 Å². The molecule has 0 saturated carbocycles. The molecule has 0 aliphatic carbocycles. The Kier molecular flexibility index (Phi) is 6.20. The summed E-state index contributed by atoms with van der Waals surface area (Å²) in [5, 5.41) is 2.88. The Hall–Kier alpha value is -2.08. The Balaban J connectivity index is 2.10. The van der Waals surface area contributed by atoms with Crippen LogP contribution in [0.2, 0.25) is 0 Å². The number of hydrogen-bond donors (Lipinski definition) is 2. The molecule has 1 fully saturated rings. The monoisotopic (exact) mass is 333 g/mol. The summed E-state index contributed by atoms with van der Waals surface area (Å²) in [6.45, 7) is 4.16. The van der Waals surface area contributed by atoms with Crippen LogP contribution in [0.5, 0.6) is 5.75 Å². The van der Waals surface area contributed by atoms with E-state index in [4.69, 9.17) is 10.5 Å². The van der Waals surface area contributed by atoms with Crippen LogP contribution in [0.25, 0.3) is 0 Å². The van der Waals surface area contributed by atoms with Gasteiger partial charge in [0.05, 0.1) is 19.6 Å². The predicted molar refractivity (Wildman–Crippen MR) is 92.6 cm³/mol. The van der Waals surface area contributed by atoms with E-state index < -0.39 is 0 Å². The van der Waals surface area contributed by atoms with E-state index in [1.807, 2.05) is 36.1 Å². The van der Waals surface area contributed by atoms with Crippen molar-refractivity contribution >= 4 is 11.8 Å². The van der Waals surface area contributed by atoms with E-state index in [1.54, 1.807) is 7.11 Å². The van der Waals surface area contributed by atoms with Crippen molar-refractivity contribution in [2.45, 2.75) is 51.2 Å². The van der Waals surface area contributed by atoms with E-state index in [1.165, 1.54) is 6.92 Å². The van der Waals surface area contributed by atoms with E-state index >= 15 is 0 Å². The standard InChI is InChI=1S/C18H27N3O3/c1-12-10-15(19)8-9-21(12)18(23)11-17(20-13(2)22)14-4-6-16(24-3)7-5-14/h4-7,12,15,17H,8-11,19H2,1-3H3,(H,20,22)/t12-,15-,17+/m1/s1. The number of nitrogens with zero attached hydrogens (tertiary/aromatic N) is 1. The largest absolute Gasteiger partial charge is 0.497 e. The molecule has 0 spiro atoms. The van der Waals surface area contributed by atoms with Gasteiger partial charge in [0.2, 0.25) is 11.8 Å². The molecular formula is C18H27N3O3. The molecule has 132 valence electrons. The maximum absolute atomic E-state index is 12.7. The smallest absolute Gasteiger partial charge is 0.225 e. The molecule has 1 aromatic rings. The summed E-state index contributed by atoms with van der Waals surface area (Å²) in [5.41, 5.74) is 6.86. The quantitative estimate of drug-likeness (QED) is 0.857. The van der Waals surface area contributed by atoms with Crippen LogP contribution in [-0.4, -0.2) is 42.5 Å². The number of carbonyl (C=O) groups is 2. The molecule has 0 unspecified atom stereocenters. The summed E-state index contributed by atoms with van der Waals surface area (Å²) in [5.74, 6) is 0.631. The zero-order valence-corrected chi connectivity index (χ0v) is 14.6. The van der Waals surface area contributed by atoms with E-state index in [2.05, 4.69) is 5.32 Å². The van der Waals surface area contributed by atoms with Crippen molar-refractivity contribution < 1.29 is 14.3 Å². The van der Waals surface area contributed by atoms with Crippen molar-refractivity contribution in [2.75, 3.05) is 13.7 Å². The van der Waals surface area contributed by atoms with Crippen LogP contribution < -0.4 is 15.8 Å². The lowest BCUT2D eigenvalue weighted by Crippen LogP contribution is -2.49. The normalized spacial score (nSPS) is 21.9. The summed E-state index contributed by atoms with van der Waals surface area (Å²) in [7, 11) is 1.60. The second-order valence-electron chi connectivity index (χ2n) is 6.45. The lowest BCUT2D eigenvalue weighted by molar-refractivity contribution is -0.135. The molecule has 6 heteroatoms. The average molecular weight is 333 g/mol. The molecule has 3 N–H and O–H groups in total.